The number of pyridine rings is 1. The van der Waals surface area contributed by atoms with Crippen molar-refractivity contribution in [3.8, 4) is 11.8 Å². The molecule has 2 aliphatic heterocycles. The van der Waals surface area contributed by atoms with E-state index in [0.717, 1.165) is 44.1 Å². The molecular weight excluding hydrogens is 438 g/mol. The predicted molar refractivity (Wildman–Crippen MR) is 133 cm³/mol. The van der Waals surface area contributed by atoms with Crippen LogP contribution in [0.3, 0.4) is 0 Å². The molecule has 5 heterocycles. The summed E-state index contributed by atoms with van der Waals surface area (Å²) in [6.45, 7) is 7.67. The molecule has 2 aliphatic rings. The van der Waals surface area contributed by atoms with Gasteiger partial charge >= 0.3 is 0 Å². The van der Waals surface area contributed by atoms with Crippen LogP contribution in [-0.2, 0) is 6.54 Å². The molecule has 1 aromatic carbocycles. The van der Waals surface area contributed by atoms with E-state index >= 15 is 0 Å². The number of amides is 1. The van der Waals surface area contributed by atoms with Gasteiger partial charge in [-0.25, -0.2) is 9.50 Å². The van der Waals surface area contributed by atoms with E-state index < -0.39 is 0 Å². The predicted octanol–water partition coefficient (Wildman–Crippen LogP) is 2.49. The van der Waals surface area contributed by atoms with E-state index in [-0.39, 0.29) is 5.91 Å². The molecule has 2 saturated heterocycles. The lowest BCUT2D eigenvalue weighted by Gasteiger charge is -2.56. The van der Waals surface area contributed by atoms with Crippen molar-refractivity contribution in [3.63, 3.8) is 0 Å². The summed E-state index contributed by atoms with van der Waals surface area (Å²) < 4.78 is 1.67. The second-order valence-corrected chi connectivity index (χ2v) is 9.49. The number of carbonyl (C=O) groups excluding carboxylic acids is 1. The van der Waals surface area contributed by atoms with Gasteiger partial charge in [0, 0.05) is 68.0 Å². The third kappa shape index (κ3) is 4.28. The summed E-state index contributed by atoms with van der Waals surface area (Å²) in [6, 6.07) is 11.5. The highest BCUT2D eigenvalue weighted by molar-refractivity contribution is 6.04. The topological polar surface area (TPSA) is 87.5 Å². The van der Waals surface area contributed by atoms with Crippen molar-refractivity contribution in [1.29, 1.82) is 0 Å². The van der Waals surface area contributed by atoms with Gasteiger partial charge in [0.25, 0.3) is 5.91 Å². The van der Waals surface area contributed by atoms with Crippen LogP contribution in [0.5, 0.6) is 0 Å². The Morgan fingerprint density at radius 1 is 1.14 bits per heavy atom. The van der Waals surface area contributed by atoms with Crippen LogP contribution in [0.1, 0.15) is 32.7 Å². The monoisotopic (exact) mass is 463 g/mol. The van der Waals surface area contributed by atoms with Crippen molar-refractivity contribution < 1.29 is 4.79 Å². The smallest absolute Gasteiger partial charge is 0.257 e. The highest BCUT2D eigenvalue weighted by Crippen LogP contribution is 2.35. The zero-order valence-corrected chi connectivity index (χ0v) is 19.5. The summed E-state index contributed by atoms with van der Waals surface area (Å²) in [7, 11) is 0. The minimum atomic E-state index is -0.216. The van der Waals surface area contributed by atoms with Gasteiger partial charge in [-0.15, -0.1) is 0 Å². The number of benzene rings is 1. The van der Waals surface area contributed by atoms with Gasteiger partial charge in [0.15, 0.2) is 5.65 Å². The molecular formula is C27H25N7O. The van der Waals surface area contributed by atoms with Gasteiger partial charge in [0.2, 0.25) is 0 Å². The standard InChI is InChI=1S/C27H25N7O/c1-19-9-23(6-5-21(19)14-33-17-27(18-33)15-29-16-27)32-26(35)22-10-20(11-28-12-22)4-7-24-13-30-25-3-2-8-31-34(24)25/h2-3,5-6,8-13,29H,14-18H2,1H3,(H,32,35). The summed E-state index contributed by atoms with van der Waals surface area (Å²) in [5, 5.41) is 10.6. The molecule has 174 valence electrons. The van der Waals surface area contributed by atoms with Gasteiger partial charge in [-0.05, 0) is 54.3 Å². The van der Waals surface area contributed by atoms with Crippen molar-refractivity contribution in [2.24, 2.45) is 5.41 Å². The van der Waals surface area contributed by atoms with Crippen LogP contribution in [0.25, 0.3) is 5.65 Å². The van der Waals surface area contributed by atoms with Gasteiger partial charge in [0.05, 0.1) is 11.8 Å². The molecule has 0 bridgehead atoms. The summed E-state index contributed by atoms with van der Waals surface area (Å²) >= 11 is 0. The molecule has 3 aromatic heterocycles. The third-order valence-electron chi connectivity index (χ3n) is 6.73. The van der Waals surface area contributed by atoms with Crippen LogP contribution in [0.2, 0.25) is 0 Å². The van der Waals surface area contributed by atoms with E-state index in [4.69, 9.17) is 0 Å². The zero-order valence-electron chi connectivity index (χ0n) is 19.5. The number of carbonyl (C=O) groups is 1. The first-order chi connectivity index (χ1) is 17.1. The van der Waals surface area contributed by atoms with E-state index in [9.17, 15) is 4.79 Å². The molecule has 1 amide bonds. The lowest BCUT2D eigenvalue weighted by molar-refractivity contribution is -0.0445. The van der Waals surface area contributed by atoms with E-state index in [0.29, 0.717) is 22.2 Å². The van der Waals surface area contributed by atoms with Gasteiger partial charge in [-0.3, -0.25) is 14.7 Å². The molecule has 1 spiro atoms. The van der Waals surface area contributed by atoms with Crippen molar-refractivity contribution in [1.82, 2.24) is 29.8 Å². The van der Waals surface area contributed by atoms with Crippen LogP contribution in [0.4, 0.5) is 5.69 Å². The number of aryl methyl sites for hydroxylation is 1. The molecule has 0 unspecified atom stereocenters. The Morgan fingerprint density at radius 3 is 2.83 bits per heavy atom. The Labute approximate surface area is 203 Å². The van der Waals surface area contributed by atoms with Crippen molar-refractivity contribution in [2.45, 2.75) is 13.5 Å². The lowest BCUT2D eigenvalue weighted by atomic mass is 9.74. The lowest BCUT2D eigenvalue weighted by Crippen LogP contribution is -2.70. The second-order valence-electron chi connectivity index (χ2n) is 9.49. The molecule has 0 aliphatic carbocycles. The summed E-state index contributed by atoms with van der Waals surface area (Å²) in [5.74, 6) is 5.90. The van der Waals surface area contributed by atoms with E-state index in [1.165, 1.54) is 11.1 Å². The Balaban J connectivity index is 1.12. The van der Waals surface area contributed by atoms with Crippen molar-refractivity contribution in [3.05, 3.63) is 89.1 Å². The average molecular weight is 464 g/mol. The molecule has 8 nitrogen and oxygen atoms in total. The van der Waals surface area contributed by atoms with E-state index in [1.54, 1.807) is 35.4 Å². The van der Waals surface area contributed by atoms with Crippen LogP contribution in [-0.4, -0.2) is 56.6 Å². The Kier molecular flexibility index (Phi) is 5.29. The average Bonchev–Trinajstić information content (AvgIpc) is 3.23. The van der Waals surface area contributed by atoms with E-state index in [2.05, 4.69) is 55.4 Å². The number of hydrogen-bond acceptors (Lipinski definition) is 6. The molecule has 6 rings (SSSR count). The Morgan fingerprint density at radius 2 is 2.03 bits per heavy atom. The molecule has 35 heavy (non-hydrogen) atoms. The Hall–Kier alpha value is -4.06. The van der Waals surface area contributed by atoms with Crippen molar-refractivity contribution in [2.75, 3.05) is 31.5 Å². The summed E-state index contributed by atoms with van der Waals surface area (Å²) in [5.41, 5.74) is 6.27. The number of fused-ring (bicyclic) bond motifs is 1. The van der Waals surface area contributed by atoms with Crippen molar-refractivity contribution >= 4 is 17.2 Å². The first kappa shape index (κ1) is 21.5. The largest absolute Gasteiger partial charge is 0.322 e. The molecule has 4 aromatic rings. The van der Waals surface area contributed by atoms with Crippen LogP contribution >= 0.6 is 0 Å². The summed E-state index contributed by atoms with van der Waals surface area (Å²) in [6.07, 6.45) is 6.55. The maximum atomic E-state index is 12.9. The number of nitrogens with zero attached hydrogens (tertiary/aromatic N) is 5. The van der Waals surface area contributed by atoms with Gasteiger partial charge < -0.3 is 10.6 Å². The molecule has 0 radical (unpaired) electrons. The van der Waals surface area contributed by atoms with Crippen LogP contribution in [0.15, 0.2) is 61.2 Å². The number of nitrogens with one attached hydrogen (secondary N) is 2. The second kappa shape index (κ2) is 8.62. The van der Waals surface area contributed by atoms with Gasteiger partial charge in [-0.2, -0.15) is 5.10 Å². The summed E-state index contributed by atoms with van der Waals surface area (Å²) in [4.78, 5) is 23.9. The minimum absolute atomic E-state index is 0.216. The first-order valence-electron chi connectivity index (χ1n) is 11.7. The number of imidazole rings is 1. The zero-order chi connectivity index (χ0) is 23.8. The number of likely N-dealkylation sites (tertiary alicyclic amines) is 1. The number of hydrogen-bond donors (Lipinski definition) is 2. The molecule has 8 heteroatoms. The number of aromatic nitrogens is 4. The maximum Gasteiger partial charge on any atom is 0.257 e. The fourth-order valence-electron chi connectivity index (χ4n) is 4.79. The fraction of sp³-hybridized carbons (Fsp3) is 0.259. The normalized spacial score (nSPS) is 16.3. The molecule has 0 saturated carbocycles. The first-order valence-corrected chi connectivity index (χ1v) is 11.7. The molecule has 2 N–H and O–H groups in total. The van der Waals surface area contributed by atoms with E-state index in [1.807, 2.05) is 24.3 Å². The number of rotatable bonds is 4. The van der Waals surface area contributed by atoms with Crippen LogP contribution < -0.4 is 10.6 Å². The SMILES string of the molecule is Cc1cc(NC(=O)c2cncc(C#Cc3cnc4cccnn34)c2)ccc1CN1CC2(CNC2)C1. The number of anilines is 1. The highest BCUT2D eigenvalue weighted by Gasteiger charge is 2.47. The van der Waals surface area contributed by atoms with Gasteiger partial charge in [0.1, 0.15) is 5.69 Å². The quantitative estimate of drug-likeness (QED) is 0.452. The fourth-order valence-corrected chi connectivity index (χ4v) is 4.79. The molecule has 2 fully saturated rings. The van der Waals surface area contributed by atoms with Crippen LogP contribution in [0, 0.1) is 24.2 Å². The van der Waals surface area contributed by atoms with Gasteiger partial charge in [-0.1, -0.05) is 12.0 Å². The maximum absolute atomic E-state index is 12.9. The third-order valence-corrected chi connectivity index (χ3v) is 6.73. The minimum Gasteiger partial charge on any atom is -0.322 e. The highest BCUT2D eigenvalue weighted by atomic mass is 16.1. The Bertz CT molecular complexity index is 1480. The molecule has 0 atom stereocenters.